The zero-order valence-corrected chi connectivity index (χ0v) is 5.96. The monoisotopic (exact) mass is 136 g/mol. The normalized spacial score (nSPS) is 15.8. The molecule has 0 N–H and O–H groups in total. The van der Waals surface area contributed by atoms with E-state index in [1.807, 2.05) is 13.0 Å². The van der Waals surface area contributed by atoms with Crippen LogP contribution in [0.2, 0.25) is 0 Å². The minimum Gasteiger partial charge on any atom is -0.466 e. The molecule has 0 aromatic carbocycles. The van der Waals surface area contributed by atoms with Crippen molar-refractivity contribution in [3.05, 3.63) is 17.8 Å². The maximum Gasteiger partial charge on any atom is 0.324 e. The molecule has 1 rings (SSSR count). The van der Waals surface area contributed by atoms with Crippen LogP contribution >= 0.6 is 0 Å². The molecule has 0 radical (unpaired) electrons. The van der Waals surface area contributed by atoms with Crippen LogP contribution < -0.4 is 0 Å². The molecule has 0 spiro atoms. The second-order valence-corrected chi connectivity index (χ2v) is 1.81. The molecule has 0 aromatic rings. The van der Waals surface area contributed by atoms with E-state index in [-0.39, 0.29) is 0 Å². The fourth-order valence-electron chi connectivity index (χ4n) is 0.555. The van der Waals surface area contributed by atoms with Gasteiger partial charge in [-0.25, -0.2) is 4.99 Å². The molecule has 10 heavy (non-hydrogen) atoms. The number of amidine groups is 1. The van der Waals surface area contributed by atoms with Gasteiger partial charge in [0.15, 0.2) is 0 Å². The highest BCUT2D eigenvalue weighted by atomic mass is 16.5. The van der Waals surface area contributed by atoms with Crippen molar-refractivity contribution in [1.29, 1.82) is 0 Å². The number of hydrogen-bond acceptors (Lipinski definition) is 3. The van der Waals surface area contributed by atoms with Gasteiger partial charge in [0.25, 0.3) is 0 Å². The van der Waals surface area contributed by atoms with Gasteiger partial charge in [-0.15, -0.1) is 0 Å². The van der Waals surface area contributed by atoms with E-state index in [9.17, 15) is 0 Å². The maximum atomic E-state index is 4.80. The van der Waals surface area contributed by atoms with Crippen molar-refractivity contribution in [3.8, 4) is 0 Å². The summed E-state index contributed by atoms with van der Waals surface area (Å²) in [6.45, 7) is 1.87. The summed E-state index contributed by atoms with van der Waals surface area (Å²) in [5.41, 5.74) is 0.866. The molecule has 0 fully saturated rings. The average Bonchev–Trinajstić information content (AvgIpc) is 2.13. The lowest BCUT2D eigenvalue weighted by atomic mass is 10.4. The van der Waals surface area contributed by atoms with Crippen LogP contribution in [0.15, 0.2) is 27.8 Å². The Kier molecular flexibility index (Phi) is 2.03. The third-order valence-corrected chi connectivity index (χ3v) is 1.01. The molecule has 0 unspecified atom stereocenters. The van der Waals surface area contributed by atoms with Crippen molar-refractivity contribution in [2.24, 2.45) is 9.98 Å². The lowest BCUT2D eigenvalue weighted by Gasteiger charge is -1.93. The summed E-state index contributed by atoms with van der Waals surface area (Å²) >= 11 is 0. The minimum absolute atomic E-state index is 0.350. The molecule has 3 nitrogen and oxygen atoms in total. The van der Waals surface area contributed by atoms with E-state index in [2.05, 4.69) is 15.9 Å². The summed E-state index contributed by atoms with van der Waals surface area (Å²) in [6, 6.07) is 0.350. The topological polar surface area (TPSA) is 34.0 Å². The summed E-state index contributed by atoms with van der Waals surface area (Å²) in [7, 11) is 1.53. The number of allylic oxidation sites excluding steroid dienone is 3. The molecule has 0 aromatic heterocycles. The second-order valence-electron chi connectivity index (χ2n) is 1.81. The van der Waals surface area contributed by atoms with Gasteiger partial charge < -0.3 is 4.74 Å². The molecule has 52 valence electrons. The Hall–Kier alpha value is -1.34. The highest BCUT2D eigenvalue weighted by molar-refractivity contribution is 5.83. The van der Waals surface area contributed by atoms with Gasteiger partial charge in [-0.2, -0.15) is 4.99 Å². The van der Waals surface area contributed by atoms with Crippen LogP contribution in [0, 0.1) is 0 Å². The Labute approximate surface area is 59.4 Å². The van der Waals surface area contributed by atoms with Gasteiger partial charge in [-0.05, 0) is 18.9 Å². The largest absolute Gasteiger partial charge is 0.466 e. The molecule has 1 heterocycles. The Bertz CT molecular complexity index is 244. The van der Waals surface area contributed by atoms with Gasteiger partial charge in [0.1, 0.15) is 0 Å². The average molecular weight is 136 g/mol. The van der Waals surface area contributed by atoms with Crippen LogP contribution in [0.5, 0.6) is 0 Å². The molecular formula is C7H8N2O. The fraction of sp³-hybridized carbons (Fsp3) is 0.286. The molecule has 0 aliphatic carbocycles. The lowest BCUT2D eigenvalue weighted by Crippen LogP contribution is -1.95. The summed E-state index contributed by atoms with van der Waals surface area (Å²) in [4.78, 5) is 7.75. The van der Waals surface area contributed by atoms with Crippen LogP contribution in [0.4, 0.5) is 0 Å². The summed E-state index contributed by atoms with van der Waals surface area (Å²) in [6.07, 6.45) is 3.51. The molecule has 0 atom stereocenters. The van der Waals surface area contributed by atoms with E-state index in [1.165, 1.54) is 7.11 Å². The molecule has 0 saturated heterocycles. The third kappa shape index (κ3) is 1.57. The van der Waals surface area contributed by atoms with Crippen molar-refractivity contribution >= 4 is 11.9 Å². The van der Waals surface area contributed by atoms with Crippen molar-refractivity contribution in [3.63, 3.8) is 0 Å². The first-order valence-electron chi connectivity index (χ1n) is 2.92. The first-order valence-corrected chi connectivity index (χ1v) is 2.92. The molecule has 0 bridgehead atoms. The van der Waals surface area contributed by atoms with Gasteiger partial charge in [0, 0.05) is 11.8 Å². The van der Waals surface area contributed by atoms with Crippen molar-refractivity contribution in [2.45, 2.75) is 6.92 Å². The van der Waals surface area contributed by atoms with E-state index in [0.717, 1.165) is 5.70 Å². The third-order valence-electron chi connectivity index (χ3n) is 1.01. The van der Waals surface area contributed by atoms with Gasteiger partial charge in [-0.3, -0.25) is 0 Å². The quantitative estimate of drug-likeness (QED) is 0.491. The Morgan fingerprint density at radius 3 is 3.10 bits per heavy atom. The molecule has 0 amide bonds. The zero-order valence-electron chi connectivity index (χ0n) is 5.96. The van der Waals surface area contributed by atoms with Crippen molar-refractivity contribution in [1.82, 2.24) is 0 Å². The smallest absolute Gasteiger partial charge is 0.324 e. The number of ether oxygens (including phenoxy) is 1. The minimum atomic E-state index is 0.350. The SMILES string of the molecule is COC1=NC(C)=CC=C=N1. The van der Waals surface area contributed by atoms with Crippen LogP contribution in [0.1, 0.15) is 6.92 Å². The van der Waals surface area contributed by atoms with Crippen LogP contribution in [0.25, 0.3) is 0 Å². The number of methoxy groups -OCH3 is 1. The molecular weight excluding hydrogens is 128 g/mol. The molecule has 1 aliphatic heterocycles. The van der Waals surface area contributed by atoms with Crippen LogP contribution in [-0.2, 0) is 4.74 Å². The number of rotatable bonds is 0. The Balaban J connectivity index is 2.93. The van der Waals surface area contributed by atoms with Crippen LogP contribution in [0.3, 0.4) is 0 Å². The van der Waals surface area contributed by atoms with Gasteiger partial charge in [0.2, 0.25) is 0 Å². The maximum absolute atomic E-state index is 4.80. The predicted molar refractivity (Wildman–Crippen MR) is 40.2 cm³/mol. The Morgan fingerprint density at radius 2 is 2.40 bits per heavy atom. The number of hydrogen-bond donors (Lipinski definition) is 0. The first kappa shape index (κ1) is 6.78. The van der Waals surface area contributed by atoms with E-state index >= 15 is 0 Å². The zero-order chi connectivity index (χ0) is 7.40. The van der Waals surface area contributed by atoms with Crippen molar-refractivity contribution in [2.75, 3.05) is 7.11 Å². The first-order chi connectivity index (χ1) is 4.83. The van der Waals surface area contributed by atoms with Gasteiger partial charge in [-0.1, -0.05) is 0 Å². The van der Waals surface area contributed by atoms with E-state index in [4.69, 9.17) is 4.74 Å². The van der Waals surface area contributed by atoms with E-state index in [1.54, 1.807) is 6.08 Å². The summed E-state index contributed by atoms with van der Waals surface area (Å²) < 4.78 is 4.80. The number of nitrogens with zero attached hydrogens (tertiary/aromatic N) is 2. The molecule has 1 aliphatic rings. The van der Waals surface area contributed by atoms with E-state index in [0.29, 0.717) is 6.02 Å². The highest BCUT2D eigenvalue weighted by Crippen LogP contribution is 1.98. The lowest BCUT2D eigenvalue weighted by molar-refractivity contribution is 0.397. The van der Waals surface area contributed by atoms with Gasteiger partial charge >= 0.3 is 6.02 Å². The van der Waals surface area contributed by atoms with Crippen LogP contribution in [-0.4, -0.2) is 19.0 Å². The Morgan fingerprint density at radius 1 is 1.60 bits per heavy atom. The second kappa shape index (κ2) is 2.99. The number of aliphatic imine (C=N–C) groups is 2. The summed E-state index contributed by atoms with van der Waals surface area (Å²) in [5.74, 6) is 2.65. The standard InChI is InChI=1S/C7H8N2O/c1-6-4-3-5-8-7(9-6)10-2/h3-4H,1-2H3. The molecule has 3 heteroatoms. The highest BCUT2D eigenvalue weighted by Gasteiger charge is 1.94. The van der Waals surface area contributed by atoms with Crippen molar-refractivity contribution < 1.29 is 4.74 Å². The molecule has 0 saturated carbocycles. The predicted octanol–water partition coefficient (Wildman–Crippen LogP) is 1.13. The fourth-order valence-corrected chi connectivity index (χ4v) is 0.555. The van der Waals surface area contributed by atoms with Gasteiger partial charge in [0.05, 0.1) is 7.11 Å². The summed E-state index contributed by atoms with van der Waals surface area (Å²) in [5, 5.41) is 0. The van der Waals surface area contributed by atoms with E-state index < -0.39 is 0 Å².